The number of fused-ring (bicyclic) bond motifs is 5. The molecular weight excluding hydrogens is 1700 g/mol. The maximum absolute atomic E-state index is 12.4. The Morgan fingerprint density at radius 3 is 1.02 bits per heavy atom. The van der Waals surface area contributed by atoms with Crippen molar-refractivity contribution in [3.63, 3.8) is 0 Å². The topological polar surface area (TPSA) is 377 Å². The highest BCUT2D eigenvalue weighted by Crippen LogP contribution is 2.43. The number of H-pyrrole nitrogens is 5. The standard InChI is InChI=1S/2C21H19N3O4.C20H17N3O4.C18H15N3OS.C17H13N3O3S/c1-23-12-18(28-14-6-4-13(27-3)5-7-14)16(10-19(23)25)17-11-24(2)21(26)20-15(17)8-9-22-20;1-23-12-18(28-14-6-4-5-13(9-14)27-3)16(10-19(23)25)17-11-24(2)21(26)20-15(17)7-8-22-20;1-22-11-17(27-13-5-3-12(24)4-6-13)15(9-18(22)25)16-10-23(2)20(26)19-14(16)7-8-21-19;1-21-10-14(13-7-8-19-16(13)18(21)22)17-15(20-11-23-17)9-12-5-3-2-4-6-12;1-20-8-13(12-6-7-18-14(12)17(20)22)15-16(19-9-24-15)23-11-4-2-10(21)3-5-11/h2*4-12,22H,1-3H3;3-11,21,24H,1-2H3;2-8,10-11,19H,9H2,1H3;2-9,18,21H,1H3. The van der Waals surface area contributed by atoms with Gasteiger partial charge in [0.1, 0.15) is 78.5 Å². The van der Waals surface area contributed by atoms with Crippen LogP contribution in [-0.4, -0.2) is 95.9 Å². The van der Waals surface area contributed by atoms with E-state index in [9.17, 15) is 48.6 Å². The monoisotopic (exact) mass is 1780 g/mol. The van der Waals surface area contributed by atoms with Crippen molar-refractivity contribution in [3.05, 3.63) is 362 Å². The number of thiazole rings is 2. The van der Waals surface area contributed by atoms with Crippen molar-refractivity contribution in [2.24, 2.45) is 56.4 Å². The molecule has 5 aromatic carbocycles. The quantitative estimate of drug-likeness (QED) is 0.0445. The lowest BCUT2D eigenvalue weighted by atomic mass is 10.0. The van der Waals surface area contributed by atoms with Crippen LogP contribution in [0.4, 0.5) is 0 Å². The third-order valence-electron chi connectivity index (χ3n) is 21.5. The van der Waals surface area contributed by atoms with Gasteiger partial charge in [0.05, 0.1) is 54.4 Å². The number of ether oxygens (including phenoxy) is 6. The van der Waals surface area contributed by atoms with E-state index in [0.29, 0.717) is 107 Å². The van der Waals surface area contributed by atoms with Gasteiger partial charge < -0.3 is 100 Å². The smallest absolute Gasteiger partial charge is 0.274 e. The van der Waals surface area contributed by atoms with Crippen LogP contribution < -0.4 is 72.9 Å². The molecule has 654 valence electrons. The van der Waals surface area contributed by atoms with Gasteiger partial charge in [-0.25, -0.2) is 9.97 Å². The molecule has 0 spiro atoms. The number of phenols is 2. The summed E-state index contributed by atoms with van der Waals surface area (Å²) in [5, 5.41) is 22.8. The molecule has 0 atom stereocenters. The third kappa shape index (κ3) is 18.0. The van der Waals surface area contributed by atoms with Crippen molar-refractivity contribution in [1.82, 2.24) is 71.4 Å². The molecule has 31 nitrogen and oxygen atoms in total. The van der Waals surface area contributed by atoms with Gasteiger partial charge in [0.2, 0.25) is 5.88 Å². The van der Waals surface area contributed by atoms with Crippen molar-refractivity contribution in [2.45, 2.75) is 6.42 Å². The van der Waals surface area contributed by atoms with Gasteiger partial charge in [0.25, 0.3) is 44.5 Å². The molecule has 15 aromatic heterocycles. The molecule has 0 bridgehead atoms. The number of methoxy groups -OCH3 is 2. The molecule has 0 saturated carbocycles. The van der Waals surface area contributed by atoms with Crippen LogP contribution in [0, 0.1) is 0 Å². The highest BCUT2D eigenvalue weighted by molar-refractivity contribution is 7.14. The summed E-state index contributed by atoms with van der Waals surface area (Å²) in [7, 11) is 16.7. The molecule has 0 aliphatic rings. The predicted octanol–water partition coefficient (Wildman–Crippen LogP) is 15.9. The van der Waals surface area contributed by atoms with E-state index in [1.807, 2.05) is 78.6 Å². The second kappa shape index (κ2) is 37.1. The fourth-order valence-electron chi connectivity index (χ4n) is 14.8. The van der Waals surface area contributed by atoms with Crippen LogP contribution in [0.1, 0.15) is 11.3 Å². The van der Waals surface area contributed by atoms with Crippen molar-refractivity contribution in [1.29, 1.82) is 0 Å². The number of aryl methyl sites for hydroxylation is 8. The van der Waals surface area contributed by atoms with Gasteiger partial charge in [-0.05, 0) is 121 Å². The van der Waals surface area contributed by atoms with Crippen LogP contribution in [0.5, 0.6) is 69.1 Å². The molecule has 33 heteroatoms. The van der Waals surface area contributed by atoms with E-state index in [2.05, 4.69) is 47.0 Å². The van der Waals surface area contributed by atoms with Crippen LogP contribution >= 0.6 is 22.7 Å². The van der Waals surface area contributed by atoms with Crippen molar-refractivity contribution in [2.75, 3.05) is 14.2 Å². The SMILES string of the molecule is COc1ccc(Oc2cn(C)c(=O)cc2-c2cn(C)c(=O)c3[nH]ccc23)cc1.COc1cccc(Oc2cn(C)c(=O)cc2-c2cn(C)c(=O)c3[nH]ccc23)c1.Cn1cc(-c2scnc2Cc2ccccc2)c2cc[nH]c2c1=O.Cn1cc(-c2scnc2Oc2ccc(O)cc2)c2cc[nH]c2c1=O.Cn1cc(Oc2ccc(O)cc2)c(-c2cn(C)c(=O)c3[nH]ccc23)cc1=O. The second-order valence-electron chi connectivity index (χ2n) is 30.2. The Morgan fingerprint density at radius 1 is 0.308 bits per heavy atom. The third-order valence-corrected chi connectivity index (χ3v) is 23.2. The lowest BCUT2D eigenvalue weighted by molar-refractivity contribution is 0.409. The van der Waals surface area contributed by atoms with Crippen LogP contribution in [0.25, 0.3) is 109 Å². The lowest BCUT2D eigenvalue weighted by Crippen LogP contribution is -2.18. The minimum absolute atomic E-state index is 0.0112. The summed E-state index contributed by atoms with van der Waals surface area (Å²) in [6, 6.07) is 51.3. The second-order valence-corrected chi connectivity index (χ2v) is 31.9. The number of aromatic hydroxyl groups is 2. The van der Waals surface area contributed by atoms with E-state index < -0.39 is 0 Å². The van der Waals surface area contributed by atoms with Crippen molar-refractivity contribution in [3.8, 4) is 123 Å². The average Bonchev–Trinajstić information content (AvgIpc) is 1.41. The molecule has 20 aromatic rings. The first kappa shape index (κ1) is 86.6. The first-order chi connectivity index (χ1) is 62.8. The van der Waals surface area contributed by atoms with Crippen LogP contribution in [0.2, 0.25) is 0 Å². The number of aromatic amines is 5. The number of rotatable bonds is 17. The van der Waals surface area contributed by atoms with Crippen molar-refractivity contribution < 1.29 is 38.6 Å². The van der Waals surface area contributed by atoms with E-state index >= 15 is 0 Å². The van der Waals surface area contributed by atoms with Gasteiger partial charge in [0, 0.05) is 220 Å². The molecule has 0 fully saturated rings. The zero-order chi connectivity index (χ0) is 91.3. The van der Waals surface area contributed by atoms with E-state index in [1.54, 1.807) is 233 Å². The maximum atomic E-state index is 12.4. The van der Waals surface area contributed by atoms with Gasteiger partial charge in [-0.3, -0.25) is 38.4 Å². The number of nitrogens with zero attached hydrogens (tertiary/aromatic N) is 10. The summed E-state index contributed by atoms with van der Waals surface area (Å²) in [6.45, 7) is 0. The number of aromatic nitrogens is 15. The minimum Gasteiger partial charge on any atom is -0.508 e. The molecule has 0 aliphatic heterocycles. The zero-order valence-electron chi connectivity index (χ0n) is 71.5. The Labute approximate surface area is 744 Å². The van der Waals surface area contributed by atoms with E-state index in [4.69, 9.17) is 28.4 Å². The molecule has 0 unspecified atom stereocenters. The average molecular weight is 1780 g/mol. The Morgan fingerprint density at radius 2 is 0.631 bits per heavy atom. The van der Waals surface area contributed by atoms with E-state index in [1.165, 1.54) is 79.2 Å². The summed E-state index contributed by atoms with van der Waals surface area (Å²) in [6.07, 6.45) is 23.2. The predicted molar refractivity (Wildman–Crippen MR) is 504 cm³/mol. The maximum Gasteiger partial charge on any atom is 0.274 e. The Hall–Kier alpha value is -16.9. The van der Waals surface area contributed by atoms with Gasteiger partial charge in [-0.15, -0.1) is 22.7 Å². The van der Waals surface area contributed by atoms with Crippen LogP contribution in [0.3, 0.4) is 0 Å². The number of phenolic OH excluding ortho intramolecular Hbond substituents is 2. The molecule has 20 rings (SSSR count). The summed E-state index contributed by atoms with van der Waals surface area (Å²) in [5.41, 5.74) is 13.3. The molecular formula is C97H83N15O16S2. The molecule has 0 aliphatic carbocycles. The largest absolute Gasteiger partial charge is 0.508 e. The van der Waals surface area contributed by atoms with Crippen LogP contribution in [0.15, 0.2) is 306 Å². The van der Waals surface area contributed by atoms with Gasteiger partial charge in [-0.1, -0.05) is 36.4 Å². The summed E-state index contributed by atoms with van der Waals surface area (Å²) < 4.78 is 46.4. The van der Waals surface area contributed by atoms with Crippen molar-refractivity contribution >= 4 is 77.2 Å². The molecule has 0 radical (unpaired) electrons. The summed E-state index contributed by atoms with van der Waals surface area (Å²) in [5.74, 6) is 5.91. The summed E-state index contributed by atoms with van der Waals surface area (Å²) >= 11 is 3.06. The van der Waals surface area contributed by atoms with Gasteiger partial charge in [0.15, 0.2) is 17.2 Å². The molecule has 130 heavy (non-hydrogen) atoms. The summed E-state index contributed by atoms with van der Waals surface area (Å²) in [4.78, 5) is 124. The zero-order valence-corrected chi connectivity index (χ0v) is 73.1. The minimum atomic E-state index is -0.194. The van der Waals surface area contributed by atoms with E-state index in [0.717, 1.165) is 71.4 Å². The fraction of sp³-hybridized carbons (Fsp3) is 0.113. The highest BCUT2D eigenvalue weighted by Gasteiger charge is 2.24. The first-order valence-electron chi connectivity index (χ1n) is 40.2. The van der Waals surface area contributed by atoms with Crippen LogP contribution in [-0.2, 0) is 62.8 Å². The number of hydrogen-bond donors (Lipinski definition) is 7. The number of pyridine rings is 8. The molecule has 7 N–H and O–H groups in total. The Balaban J connectivity index is 0.000000119. The number of benzene rings is 5. The molecule has 0 saturated heterocycles. The molecule has 0 amide bonds. The molecule has 15 heterocycles. The van der Waals surface area contributed by atoms with Gasteiger partial charge >= 0.3 is 0 Å². The number of nitrogens with one attached hydrogen (secondary N) is 5. The highest BCUT2D eigenvalue weighted by atomic mass is 32.1. The first-order valence-corrected chi connectivity index (χ1v) is 42.0. The Kier molecular flexibility index (Phi) is 24.7. The normalized spacial score (nSPS) is 11.0. The lowest BCUT2D eigenvalue weighted by Gasteiger charge is -2.14. The fourth-order valence-corrected chi connectivity index (χ4v) is 16.3. The van der Waals surface area contributed by atoms with Gasteiger partial charge in [-0.2, -0.15) is 0 Å². The van der Waals surface area contributed by atoms with E-state index in [-0.39, 0.29) is 56.0 Å². The Bertz CT molecular complexity index is 8160. The number of hydrogen-bond acceptors (Lipinski definition) is 20.